The Balaban J connectivity index is 4.74. The van der Waals surface area contributed by atoms with Gasteiger partial charge in [0.15, 0.2) is 0 Å². The van der Waals surface area contributed by atoms with Crippen molar-refractivity contribution >= 4 is 29.8 Å². The molecule has 3 N–H and O–H groups in total. The number of hydrogen-bond acceptors (Lipinski definition) is 12. The molecule has 0 saturated heterocycles. The van der Waals surface area contributed by atoms with Crippen molar-refractivity contribution in [2.45, 2.75) is 92.2 Å². The highest BCUT2D eigenvalue weighted by molar-refractivity contribution is 5.87. The highest BCUT2D eigenvalue weighted by atomic mass is 16.6. The van der Waals surface area contributed by atoms with Gasteiger partial charge in [-0.2, -0.15) is 0 Å². The van der Waals surface area contributed by atoms with Crippen LogP contribution in [0.1, 0.15) is 80.1 Å². The largest absolute Gasteiger partial charge is 0.465 e. The number of nitrogens with one attached hydrogen (secondary N) is 3. The molecule has 0 aliphatic carbocycles. The summed E-state index contributed by atoms with van der Waals surface area (Å²) in [4.78, 5) is 65.6. The molecule has 0 aliphatic rings. The summed E-state index contributed by atoms with van der Waals surface area (Å²) in [6, 6.07) is -2.93. The first kappa shape index (κ1) is 46.3. The van der Waals surface area contributed by atoms with Crippen LogP contribution in [0.15, 0.2) is 5.11 Å². The van der Waals surface area contributed by atoms with Crippen molar-refractivity contribution in [3.63, 3.8) is 0 Å². The van der Waals surface area contributed by atoms with E-state index in [1.165, 1.54) is 0 Å². The number of unbranched alkanes of at least 4 members (excludes halogenated alkanes) is 1. The van der Waals surface area contributed by atoms with Gasteiger partial charge in [-0.3, -0.25) is 9.59 Å². The molecular formula is C33H60N6O11. The van der Waals surface area contributed by atoms with Crippen LogP contribution in [0, 0.1) is 17.8 Å². The molecule has 1 unspecified atom stereocenters. The minimum absolute atomic E-state index is 0.0417. The lowest BCUT2D eigenvalue weighted by molar-refractivity contribution is -0.148. The van der Waals surface area contributed by atoms with Crippen molar-refractivity contribution in [1.29, 1.82) is 0 Å². The Labute approximate surface area is 296 Å². The number of rotatable bonds is 30. The Morgan fingerprint density at radius 1 is 0.640 bits per heavy atom. The quantitative estimate of drug-likeness (QED) is 0.0244. The van der Waals surface area contributed by atoms with Crippen LogP contribution in [0.4, 0.5) is 4.79 Å². The van der Waals surface area contributed by atoms with Crippen LogP contribution in [0.2, 0.25) is 0 Å². The number of amides is 3. The van der Waals surface area contributed by atoms with Crippen molar-refractivity contribution in [2.75, 3.05) is 72.6 Å². The standard InChI is InChI=1S/C33H60N6O11/c1-24(2)21-48-30(41)11-10-28(32(43)50-23-26(5)6)38-33(44)37-27(31(42)49-22-25(3)4)9-7-8-13-35-29(40)12-15-45-17-19-47-20-18-46-16-14-36-39-34/h24-28H,7-23H2,1-6H3,(H,35,40)(H2,37,38,44)/t27-,28?/m0/s1. The summed E-state index contributed by atoms with van der Waals surface area (Å²) in [5.74, 6) is -1.70. The van der Waals surface area contributed by atoms with Gasteiger partial charge in [-0.1, -0.05) is 46.7 Å². The number of carbonyl (C=O) groups excluding carboxylic acids is 5. The van der Waals surface area contributed by atoms with E-state index in [0.717, 1.165) is 0 Å². The molecule has 288 valence electrons. The Kier molecular flexibility index (Phi) is 28.0. The van der Waals surface area contributed by atoms with Crippen LogP contribution < -0.4 is 16.0 Å². The average molecular weight is 717 g/mol. The van der Waals surface area contributed by atoms with E-state index in [1.54, 1.807) is 0 Å². The molecule has 0 fully saturated rings. The first-order valence-electron chi connectivity index (χ1n) is 17.4. The molecule has 2 atom stereocenters. The Morgan fingerprint density at radius 2 is 1.14 bits per heavy atom. The number of urea groups is 1. The molecule has 0 aromatic rings. The van der Waals surface area contributed by atoms with Crippen molar-refractivity contribution in [3.05, 3.63) is 10.4 Å². The lowest BCUT2D eigenvalue weighted by atomic mass is 10.1. The number of esters is 3. The summed E-state index contributed by atoms with van der Waals surface area (Å²) in [5, 5.41) is 11.3. The van der Waals surface area contributed by atoms with E-state index >= 15 is 0 Å². The normalized spacial score (nSPS) is 12.2. The van der Waals surface area contributed by atoms with Gasteiger partial charge in [0.1, 0.15) is 12.1 Å². The zero-order valence-electron chi connectivity index (χ0n) is 30.7. The third-order valence-corrected chi connectivity index (χ3v) is 6.37. The van der Waals surface area contributed by atoms with E-state index in [1.807, 2.05) is 41.5 Å². The van der Waals surface area contributed by atoms with Crippen LogP contribution in [0.5, 0.6) is 0 Å². The van der Waals surface area contributed by atoms with Gasteiger partial charge in [0, 0.05) is 30.8 Å². The molecule has 17 heteroatoms. The smallest absolute Gasteiger partial charge is 0.328 e. The fourth-order valence-corrected chi connectivity index (χ4v) is 3.80. The average Bonchev–Trinajstić information content (AvgIpc) is 3.06. The van der Waals surface area contributed by atoms with E-state index in [2.05, 4.69) is 26.0 Å². The lowest BCUT2D eigenvalue weighted by Gasteiger charge is -2.22. The molecule has 3 amide bonds. The maximum atomic E-state index is 13.0. The summed E-state index contributed by atoms with van der Waals surface area (Å²) in [6.07, 6.45) is 1.26. The van der Waals surface area contributed by atoms with Crippen LogP contribution in [0.3, 0.4) is 0 Å². The van der Waals surface area contributed by atoms with Crippen LogP contribution in [-0.2, 0) is 47.6 Å². The second-order valence-electron chi connectivity index (χ2n) is 12.8. The van der Waals surface area contributed by atoms with E-state index in [0.29, 0.717) is 52.4 Å². The predicted octanol–water partition coefficient (Wildman–Crippen LogP) is 3.44. The van der Waals surface area contributed by atoms with Crippen molar-refractivity contribution in [1.82, 2.24) is 16.0 Å². The molecule has 0 rings (SSSR count). The molecule has 50 heavy (non-hydrogen) atoms. The van der Waals surface area contributed by atoms with Crippen molar-refractivity contribution in [2.24, 2.45) is 22.9 Å². The minimum atomic E-state index is -1.14. The van der Waals surface area contributed by atoms with E-state index in [9.17, 15) is 24.0 Å². The van der Waals surface area contributed by atoms with Gasteiger partial charge in [0.2, 0.25) is 5.91 Å². The zero-order valence-corrected chi connectivity index (χ0v) is 30.7. The van der Waals surface area contributed by atoms with Crippen molar-refractivity contribution in [3.8, 4) is 0 Å². The zero-order chi connectivity index (χ0) is 37.6. The fourth-order valence-electron chi connectivity index (χ4n) is 3.80. The number of hydrogen-bond donors (Lipinski definition) is 3. The minimum Gasteiger partial charge on any atom is -0.465 e. The third-order valence-electron chi connectivity index (χ3n) is 6.37. The maximum absolute atomic E-state index is 13.0. The number of ether oxygens (including phenoxy) is 6. The molecule has 0 saturated carbocycles. The number of azide groups is 1. The first-order valence-corrected chi connectivity index (χ1v) is 17.4. The van der Waals surface area contributed by atoms with Crippen molar-refractivity contribution < 1.29 is 52.4 Å². The molecule has 0 aromatic carbocycles. The highest BCUT2D eigenvalue weighted by Gasteiger charge is 2.27. The maximum Gasteiger partial charge on any atom is 0.328 e. The van der Waals surface area contributed by atoms with Gasteiger partial charge in [-0.15, -0.1) is 0 Å². The topological polar surface area (TPSA) is 226 Å². The Morgan fingerprint density at radius 3 is 1.68 bits per heavy atom. The van der Waals surface area contributed by atoms with E-state index < -0.39 is 36.0 Å². The number of nitrogens with zero attached hydrogens (tertiary/aromatic N) is 3. The Hall–Kier alpha value is -3.66. The number of carbonyl (C=O) groups is 5. The summed E-state index contributed by atoms with van der Waals surface area (Å²) in [7, 11) is 0. The van der Waals surface area contributed by atoms with Gasteiger partial charge < -0.3 is 44.4 Å². The van der Waals surface area contributed by atoms with Gasteiger partial charge in [0.25, 0.3) is 0 Å². The van der Waals surface area contributed by atoms with Gasteiger partial charge >= 0.3 is 23.9 Å². The molecule has 0 aromatic heterocycles. The fraction of sp³-hybridized carbons (Fsp3) is 0.848. The molecular weight excluding hydrogens is 656 g/mol. The molecule has 17 nitrogen and oxygen atoms in total. The monoisotopic (exact) mass is 716 g/mol. The first-order chi connectivity index (χ1) is 23.8. The van der Waals surface area contributed by atoms with E-state index in [4.69, 9.17) is 34.0 Å². The molecule has 0 heterocycles. The summed E-state index contributed by atoms with van der Waals surface area (Å²) in [6.45, 7) is 14.5. The van der Waals surface area contributed by atoms with Gasteiger partial charge in [-0.25, -0.2) is 14.4 Å². The molecule has 0 radical (unpaired) electrons. The second-order valence-corrected chi connectivity index (χ2v) is 12.8. The summed E-state index contributed by atoms with van der Waals surface area (Å²) >= 11 is 0. The summed E-state index contributed by atoms with van der Waals surface area (Å²) < 4.78 is 31.8. The molecule has 0 bridgehead atoms. The molecule has 0 aliphatic heterocycles. The second kappa shape index (κ2) is 30.2. The van der Waals surface area contributed by atoms with Crippen LogP contribution in [-0.4, -0.2) is 114 Å². The summed E-state index contributed by atoms with van der Waals surface area (Å²) in [5.41, 5.74) is 8.18. The van der Waals surface area contributed by atoms with Gasteiger partial charge in [0.05, 0.1) is 59.5 Å². The highest BCUT2D eigenvalue weighted by Crippen LogP contribution is 2.08. The lowest BCUT2D eigenvalue weighted by Crippen LogP contribution is -2.52. The predicted molar refractivity (Wildman–Crippen MR) is 184 cm³/mol. The Bertz CT molecular complexity index is 1020. The van der Waals surface area contributed by atoms with Gasteiger partial charge in [-0.05, 0) is 49.0 Å². The third kappa shape index (κ3) is 28.2. The SMILES string of the molecule is CC(C)COC(=O)CCC(NC(=O)N[C@@H](CCCCNC(=O)CCOCCOCCOCCN=[N+]=[N-])C(=O)OCC(C)C)C(=O)OCC(C)C. The molecule has 0 spiro atoms. The van der Waals surface area contributed by atoms with Crippen LogP contribution in [0.25, 0.3) is 10.4 Å². The van der Waals surface area contributed by atoms with E-state index in [-0.39, 0.29) is 82.3 Å². The van der Waals surface area contributed by atoms with Crippen LogP contribution >= 0.6 is 0 Å².